The summed E-state index contributed by atoms with van der Waals surface area (Å²) in [6.45, 7) is 5.84. The number of benzene rings is 1. The number of carbonyl (C=O) groups excluding carboxylic acids is 2. The van der Waals surface area contributed by atoms with E-state index in [1.54, 1.807) is 0 Å². The summed E-state index contributed by atoms with van der Waals surface area (Å²) >= 11 is 0. The molecule has 31 heavy (non-hydrogen) atoms. The van der Waals surface area contributed by atoms with Crippen molar-refractivity contribution in [2.75, 3.05) is 13.1 Å². The molecule has 1 aromatic heterocycles. The summed E-state index contributed by atoms with van der Waals surface area (Å²) in [5, 5.41) is 0. The largest absolute Gasteiger partial charge is 0.416 e. The monoisotopic (exact) mass is 435 g/mol. The molecular weight excluding hydrogens is 407 g/mol. The van der Waals surface area contributed by atoms with Gasteiger partial charge < -0.3 is 15.2 Å². The van der Waals surface area contributed by atoms with E-state index in [1.807, 2.05) is 23.3 Å². The molecule has 2 amide bonds. The van der Waals surface area contributed by atoms with Crippen molar-refractivity contribution in [3.05, 3.63) is 46.8 Å². The fourth-order valence-electron chi connectivity index (χ4n) is 4.40. The third-order valence-electron chi connectivity index (χ3n) is 5.85. The molecule has 0 spiro atoms. The Labute approximate surface area is 180 Å². The Morgan fingerprint density at radius 3 is 2.35 bits per heavy atom. The maximum atomic E-state index is 13.0. The number of nitrogens with two attached hydrogens (primary N) is 1. The molecule has 2 heterocycles. The number of carbonyl (C=O) groups is 2. The van der Waals surface area contributed by atoms with Crippen molar-refractivity contribution in [3.63, 3.8) is 0 Å². The van der Waals surface area contributed by atoms with Crippen LogP contribution in [-0.2, 0) is 23.9 Å². The summed E-state index contributed by atoms with van der Waals surface area (Å²) in [6, 6.07) is 4.86. The van der Waals surface area contributed by atoms with E-state index in [-0.39, 0.29) is 5.91 Å². The van der Waals surface area contributed by atoms with Crippen LogP contribution >= 0.6 is 0 Å². The van der Waals surface area contributed by atoms with Gasteiger partial charge in [-0.3, -0.25) is 9.59 Å². The van der Waals surface area contributed by atoms with E-state index in [0.29, 0.717) is 48.3 Å². The zero-order valence-electron chi connectivity index (χ0n) is 17.9. The zero-order valence-corrected chi connectivity index (χ0v) is 17.9. The molecule has 0 radical (unpaired) electrons. The Kier molecular flexibility index (Phi) is 6.77. The number of primary amides is 1. The zero-order chi connectivity index (χ0) is 22.8. The average molecular weight is 435 g/mol. The molecule has 0 atom stereocenters. The highest BCUT2D eigenvalue weighted by atomic mass is 19.4. The number of hydrogen-bond donors (Lipinski definition) is 1. The summed E-state index contributed by atoms with van der Waals surface area (Å²) in [6.07, 6.45) is -0.762. The van der Waals surface area contributed by atoms with Gasteiger partial charge in [0.2, 0.25) is 5.91 Å². The third-order valence-corrected chi connectivity index (χ3v) is 5.85. The van der Waals surface area contributed by atoms with Crippen LogP contribution in [0.15, 0.2) is 24.3 Å². The molecule has 0 saturated carbocycles. The van der Waals surface area contributed by atoms with Crippen LogP contribution < -0.4 is 5.73 Å². The molecular formula is C23H28F3N3O2. The first kappa shape index (κ1) is 22.9. The number of halogens is 3. The Hall–Kier alpha value is -2.77. The molecule has 2 aromatic rings. The quantitative estimate of drug-likeness (QED) is 0.661. The lowest BCUT2D eigenvalue weighted by Gasteiger charge is -2.17. The summed E-state index contributed by atoms with van der Waals surface area (Å²) in [4.78, 5) is 26.0. The van der Waals surface area contributed by atoms with Gasteiger partial charge in [0, 0.05) is 43.0 Å². The molecule has 1 aliphatic rings. The number of amides is 2. The van der Waals surface area contributed by atoms with Gasteiger partial charge in [0.05, 0.1) is 11.1 Å². The van der Waals surface area contributed by atoms with E-state index in [2.05, 4.69) is 0 Å². The number of rotatable bonds is 8. The van der Waals surface area contributed by atoms with Gasteiger partial charge in [-0.05, 0) is 43.9 Å². The SMILES string of the molecule is CCCc1c(-c2ccc(C(F)(F)F)cc2)c(C(N)=O)c(C)n1CCCN1CCCC1=O. The molecule has 5 nitrogen and oxygen atoms in total. The lowest BCUT2D eigenvalue weighted by molar-refractivity contribution is -0.137. The Morgan fingerprint density at radius 2 is 1.84 bits per heavy atom. The maximum absolute atomic E-state index is 13.0. The van der Waals surface area contributed by atoms with Crippen LogP contribution in [0.25, 0.3) is 11.1 Å². The summed E-state index contributed by atoms with van der Waals surface area (Å²) in [7, 11) is 0. The highest BCUT2D eigenvalue weighted by molar-refractivity contribution is 6.02. The van der Waals surface area contributed by atoms with E-state index in [4.69, 9.17) is 5.73 Å². The van der Waals surface area contributed by atoms with Gasteiger partial charge in [0.1, 0.15) is 0 Å². The molecule has 1 aromatic carbocycles. The van der Waals surface area contributed by atoms with E-state index in [9.17, 15) is 22.8 Å². The molecule has 3 rings (SSSR count). The normalized spacial score (nSPS) is 14.5. The fraction of sp³-hybridized carbons (Fsp3) is 0.478. The van der Waals surface area contributed by atoms with Gasteiger partial charge in [-0.15, -0.1) is 0 Å². The summed E-state index contributed by atoms with van der Waals surface area (Å²) in [5.41, 5.74) is 8.05. The van der Waals surface area contributed by atoms with Crippen molar-refractivity contribution in [1.82, 2.24) is 9.47 Å². The maximum Gasteiger partial charge on any atom is 0.416 e. The van der Waals surface area contributed by atoms with Crippen LogP contribution in [0.3, 0.4) is 0 Å². The minimum atomic E-state index is -4.42. The van der Waals surface area contributed by atoms with Gasteiger partial charge in [-0.2, -0.15) is 13.2 Å². The standard InChI is InChI=1S/C23H28F3N3O2/c1-3-6-18-21(16-8-10-17(11-9-16)23(24,25)26)20(22(27)31)15(2)29(18)14-5-13-28-12-4-7-19(28)30/h8-11H,3-7,12-14H2,1-2H3,(H2,27,31). The second-order valence-electron chi connectivity index (χ2n) is 7.96. The minimum absolute atomic E-state index is 0.168. The second-order valence-corrected chi connectivity index (χ2v) is 7.96. The molecule has 8 heteroatoms. The number of aromatic nitrogens is 1. The first-order chi connectivity index (χ1) is 14.6. The third kappa shape index (κ3) is 4.78. The molecule has 0 bridgehead atoms. The Morgan fingerprint density at radius 1 is 1.16 bits per heavy atom. The first-order valence-corrected chi connectivity index (χ1v) is 10.6. The first-order valence-electron chi connectivity index (χ1n) is 10.6. The predicted molar refractivity (Wildman–Crippen MR) is 113 cm³/mol. The lowest BCUT2D eigenvalue weighted by atomic mass is 9.97. The van der Waals surface area contributed by atoms with Crippen LogP contribution in [0.5, 0.6) is 0 Å². The van der Waals surface area contributed by atoms with Crippen LogP contribution in [0.4, 0.5) is 13.2 Å². The van der Waals surface area contributed by atoms with Crippen LogP contribution in [-0.4, -0.2) is 34.4 Å². The smallest absolute Gasteiger partial charge is 0.366 e. The Balaban J connectivity index is 1.98. The average Bonchev–Trinajstić information content (AvgIpc) is 3.23. The van der Waals surface area contributed by atoms with Crippen molar-refractivity contribution < 1.29 is 22.8 Å². The van der Waals surface area contributed by atoms with Gasteiger partial charge >= 0.3 is 6.18 Å². The molecule has 0 aliphatic carbocycles. The molecule has 0 unspecified atom stereocenters. The minimum Gasteiger partial charge on any atom is -0.366 e. The number of nitrogens with zero attached hydrogens (tertiary/aromatic N) is 2. The molecule has 1 fully saturated rings. The van der Waals surface area contributed by atoms with Gasteiger partial charge in [-0.25, -0.2) is 0 Å². The van der Waals surface area contributed by atoms with Crippen molar-refractivity contribution in [3.8, 4) is 11.1 Å². The van der Waals surface area contributed by atoms with Crippen molar-refractivity contribution in [2.45, 2.75) is 58.7 Å². The molecule has 168 valence electrons. The van der Waals surface area contributed by atoms with E-state index < -0.39 is 17.6 Å². The number of likely N-dealkylation sites (tertiary alicyclic amines) is 1. The van der Waals surface area contributed by atoms with E-state index in [1.165, 1.54) is 12.1 Å². The number of alkyl halides is 3. The van der Waals surface area contributed by atoms with Crippen molar-refractivity contribution in [1.29, 1.82) is 0 Å². The van der Waals surface area contributed by atoms with Crippen molar-refractivity contribution in [2.24, 2.45) is 5.73 Å². The fourth-order valence-corrected chi connectivity index (χ4v) is 4.40. The van der Waals surface area contributed by atoms with Crippen LogP contribution in [0.1, 0.15) is 59.9 Å². The highest BCUT2D eigenvalue weighted by Gasteiger charge is 2.31. The van der Waals surface area contributed by atoms with Gasteiger partial charge in [0.25, 0.3) is 5.91 Å². The van der Waals surface area contributed by atoms with E-state index in [0.717, 1.165) is 43.6 Å². The number of hydrogen-bond acceptors (Lipinski definition) is 2. The van der Waals surface area contributed by atoms with Gasteiger partial charge in [0.15, 0.2) is 0 Å². The lowest BCUT2D eigenvalue weighted by Crippen LogP contribution is -2.26. The highest BCUT2D eigenvalue weighted by Crippen LogP contribution is 2.36. The predicted octanol–water partition coefficient (Wildman–Crippen LogP) is 4.55. The Bertz CT molecular complexity index is 962. The van der Waals surface area contributed by atoms with Gasteiger partial charge in [-0.1, -0.05) is 25.5 Å². The molecule has 1 saturated heterocycles. The van der Waals surface area contributed by atoms with Crippen LogP contribution in [0.2, 0.25) is 0 Å². The summed E-state index contributed by atoms with van der Waals surface area (Å²) < 4.78 is 41.0. The molecule has 2 N–H and O–H groups in total. The summed E-state index contributed by atoms with van der Waals surface area (Å²) in [5.74, 6) is -0.431. The van der Waals surface area contributed by atoms with E-state index >= 15 is 0 Å². The van der Waals surface area contributed by atoms with Crippen LogP contribution in [0, 0.1) is 6.92 Å². The second kappa shape index (κ2) is 9.16. The topological polar surface area (TPSA) is 68.3 Å². The molecule has 1 aliphatic heterocycles. The van der Waals surface area contributed by atoms with Crippen molar-refractivity contribution >= 4 is 11.8 Å².